The zero-order valence-electron chi connectivity index (χ0n) is 9.67. The van der Waals surface area contributed by atoms with Crippen molar-refractivity contribution in [3.8, 4) is 0 Å². The van der Waals surface area contributed by atoms with Crippen LogP contribution in [0.4, 0.5) is 4.79 Å². The van der Waals surface area contributed by atoms with Crippen molar-refractivity contribution in [3.05, 3.63) is 11.1 Å². The lowest BCUT2D eigenvalue weighted by Crippen LogP contribution is -2.43. The van der Waals surface area contributed by atoms with E-state index in [1.54, 1.807) is 13.8 Å². The molecule has 17 heavy (non-hydrogen) atoms. The summed E-state index contributed by atoms with van der Waals surface area (Å²) in [7, 11) is 0. The first-order chi connectivity index (χ1) is 7.74. The molecule has 1 fully saturated rings. The molecule has 1 aliphatic heterocycles. The first-order valence-electron chi connectivity index (χ1n) is 4.98. The van der Waals surface area contributed by atoms with Gasteiger partial charge >= 0.3 is 6.03 Å². The van der Waals surface area contributed by atoms with E-state index >= 15 is 0 Å². The monoisotopic (exact) mass is 303 g/mol. The van der Waals surface area contributed by atoms with Gasteiger partial charge in [0.05, 0.1) is 0 Å². The van der Waals surface area contributed by atoms with Crippen LogP contribution in [0.5, 0.6) is 0 Å². The van der Waals surface area contributed by atoms with E-state index in [1.165, 1.54) is 0 Å². The minimum absolute atomic E-state index is 0.256. The van der Waals surface area contributed by atoms with Crippen LogP contribution < -0.4 is 10.6 Å². The van der Waals surface area contributed by atoms with E-state index in [-0.39, 0.29) is 13.1 Å². The molecule has 0 unspecified atom stereocenters. The molecule has 0 aromatic rings. The largest absolute Gasteiger partial charge is 0.350 e. The number of carbonyl (C=O) groups excluding carboxylic acids is 3. The van der Waals surface area contributed by atoms with E-state index in [0.717, 1.165) is 4.90 Å². The fraction of sp³-hybridized carbons (Fsp3) is 0.500. The van der Waals surface area contributed by atoms with Gasteiger partial charge in [0.2, 0.25) is 5.91 Å². The molecule has 4 amide bonds. The Kier molecular flexibility index (Phi) is 3.92. The van der Waals surface area contributed by atoms with Crippen molar-refractivity contribution in [2.75, 3.05) is 13.1 Å². The number of halogens is 1. The lowest BCUT2D eigenvalue weighted by atomic mass is 10.1. The van der Waals surface area contributed by atoms with Crippen LogP contribution in [0.2, 0.25) is 0 Å². The highest BCUT2D eigenvalue weighted by Crippen LogP contribution is 2.15. The number of imide groups is 1. The lowest BCUT2D eigenvalue weighted by molar-refractivity contribution is -0.134. The van der Waals surface area contributed by atoms with Crippen LogP contribution in [0.15, 0.2) is 11.1 Å². The normalized spacial score (nSPS) is 17.9. The third kappa shape index (κ3) is 3.29. The highest BCUT2D eigenvalue weighted by molar-refractivity contribution is 9.11. The van der Waals surface area contributed by atoms with Crippen molar-refractivity contribution in [1.29, 1.82) is 0 Å². The molecule has 0 atom stereocenters. The van der Waals surface area contributed by atoms with Crippen LogP contribution in [0.3, 0.4) is 0 Å². The number of urea groups is 1. The highest BCUT2D eigenvalue weighted by atomic mass is 79.9. The zero-order chi connectivity index (χ0) is 13.2. The van der Waals surface area contributed by atoms with Gasteiger partial charge in [-0.1, -0.05) is 22.5 Å². The van der Waals surface area contributed by atoms with E-state index in [9.17, 15) is 14.4 Å². The van der Waals surface area contributed by atoms with Crippen molar-refractivity contribution in [3.63, 3.8) is 0 Å². The Hall–Kier alpha value is -1.37. The van der Waals surface area contributed by atoms with Crippen LogP contribution in [0.25, 0.3) is 0 Å². The summed E-state index contributed by atoms with van der Waals surface area (Å²) in [5, 5.41) is 5.01. The van der Waals surface area contributed by atoms with E-state index in [4.69, 9.17) is 0 Å². The van der Waals surface area contributed by atoms with Gasteiger partial charge in [0.15, 0.2) is 0 Å². The molecule has 94 valence electrons. The van der Waals surface area contributed by atoms with Gasteiger partial charge in [0, 0.05) is 11.0 Å². The second-order valence-corrected chi connectivity index (χ2v) is 5.36. The van der Waals surface area contributed by atoms with E-state index in [0.29, 0.717) is 4.48 Å². The van der Waals surface area contributed by atoms with Gasteiger partial charge in [0.25, 0.3) is 5.91 Å². The number of hydrogen-bond acceptors (Lipinski definition) is 3. The summed E-state index contributed by atoms with van der Waals surface area (Å²) in [6.07, 6.45) is 0. The minimum Gasteiger partial charge on any atom is -0.350 e. The molecule has 0 aromatic carbocycles. The number of nitrogens with zero attached hydrogens (tertiary/aromatic N) is 1. The summed E-state index contributed by atoms with van der Waals surface area (Å²) in [5.74, 6) is -0.817. The highest BCUT2D eigenvalue weighted by Gasteiger charge is 2.44. The van der Waals surface area contributed by atoms with Crippen LogP contribution in [0.1, 0.15) is 13.8 Å². The number of rotatable bonds is 4. The van der Waals surface area contributed by atoms with Crippen molar-refractivity contribution in [2.24, 2.45) is 0 Å². The summed E-state index contributed by atoms with van der Waals surface area (Å²) >= 11 is 3.09. The molecule has 0 aromatic heterocycles. The predicted molar refractivity (Wildman–Crippen MR) is 65.4 cm³/mol. The van der Waals surface area contributed by atoms with Gasteiger partial charge in [-0.3, -0.25) is 14.5 Å². The Bertz CT molecular complexity index is 392. The number of nitrogens with one attached hydrogen (secondary N) is 2. The van der Waals surface area contributed by atoms with Gasteiger partial charge in [0.1, 0.15) is 12.1 Å². The molecule has 0 aliphatic carbocycles. The van der Waals surface area contributed by atoms with Crippen molar-refractivity contribution in [1.82, 2.24) is 15.5 Å². The topological polar surface area (TPSA) is 78.5 Å². The Morgan fingerprint density at radius 2 is 2.12 bits per heavy atom. The van der Waals surface area contributed by atoms with Crippen molar-refractivity contribution >= 4 is 33.8 Å². The summed E-state index contributed by atoms with van der Waals surface area (Å²) in [4.78, 5) is 35.6. The first-order valence-corrected chi connectivity index (χ1v) is 5.77. The van der Waals surface area contributed by atoms with Gasteiger partial charge < -0.3 is 10.6 Å². The Morgan fingerprint density at radius 1 is 1.53 bits per heavy atom. The quantitative estimate of drug-likeness (QED) is 0.735. The van der Waals surface area contributed by atoms with Crippen molar-refractivity contribution < 1.29 is 14.4 Å². The maximum absolute atomic E-state index is 11.7. The lowest BCUT2D eigenvalue weighted by Gasteiger charge is -2.15. The summed E-state index contributed by atoms with van der Waals surface area (Å²) in [5.41, 5.74) is -0.948. The van der Waals surface area contributed by atoms with Gasteiger partial charge in [-0.2, -0.15) is 0 Å². The Labute approximate surface area is 108 Å². The molecule has 6 nitrogen and oxygen atoms in total. The molecule has 1 aliphatic rings. The second-order valence-electron chi connectivity index (χ2n) is 4.24. The zero-order valence-corrected chi connectivity index (χ0v) is 11.3. The molecule has 2 N–H and O–H groups in total. The smallest absolute Gasteiger partial charge is 0.325 e. The first kappa shape index (κ1) is 13.7. The van der Waals surface area contributed by atoms with Crippen LogP contribution >= 0.6 is 15.9 Å². The fourth-order valence-electron chi connectivity index (χ4n) is 1.36. The SMILES string of the molecule is C=C(Br)CNC(=O)CN1C(=O)NC(C)(C)C1=O. The van der Waals surface area contributed by atoms with E-state index in [2.05, 4.69) is 33.1 Å². The Morgan fingerprint density at radius 3 is 2.53 bits per heavy atom. The summed E-state index contributed by atoms with van der Waals surface area (Å²) in [6, 6.07) is -0.548. The average molecular weight is 304 g/mol. The fourth-order valence-corrected chi connectivity index (χ4v) is 1.50. The number of hydrogen-bond donors (Lipinski definition) is 2. The minimum atomic E-state index is -0.948. The predicted octanol–water partition coefficient (Wildman–Crippen LogP) is 0.342. The molecule has 1 heterocycles. The van der Waals surface area contributed by atoms with Gasteiger partial charge in [-0.05, 0) is 13.8 Å². The third-order valence-electron chi connectivity index (χ3n) is 2.22. The summed E-state index contributed by atoms with van der Waals surface area (Å²) < 4.78 is 0.614. The van der Waals surface area contributed by atoms with Crippen molar-refractivity contribution in [2.45, 2.75) is 19.4 Å². The molecule has 7 heteroatoms. The molecular formula is C10H14BrN3O3. The molecule has 0 bridgehead atoms. The summed E-state index contributed by atoms with van der Waals surface area (Å²) in [6.45, 7) is 6.70. The van der Waals surface area contributed by atoms with E-state index < -0.39 is 23.4 Å². The molecule has 0 spiro atoms. The number of carbonyl (C=O) groups is 3. The average Bonchev–Trinajstić information content (AvgIpc) is 2.38. The third-order valence-corrected chi connectivity index (χ3v) is 2.50. The Balaban J connectivity index is 2.58. The maximum Gasteiger partial charge on any atom is 0.325 e. The molecule has 1 rings (SSSR count). The second kappa shape index (κ2) is 4.87. The molecule has 0 radical (unpaired) electrons. The van der Waals surface area contributed by atoms with Gasteiger partial charge in [-0.25, -0.2) is 4.79 Å². The van der Waals surface area contributed by atoms with Crippen LogP contribution in [-0.2, 0) is 9.59 Å². The molecular weight excluding hydrogens is 290 g/mol. The molecule has 1 saturated heterocycles. The number of amides is 4. The van der Waals surface area contributed by atoms with Gasteiger partial charge in [-0.15, -0.1) is 0 Å². The standard InChI is InChI=1S/C10H14BrN3O3/c1-6(11)4-12-7(15)5-14-8(16)10(2,3)13-9(14)17/h1,4-5H2,2-3H3,(H,12,15)(H,13,17). The van der Waals surface area contributed by atoms with Crippen LogP contribution in [-0.4, -0.2) is 41.4 Å². The maximum atomic E-state index is 11.7. The van der Waals surface area contributed by atoms with Crippen LogP contribution in [0, 0.1) is 0 Å². The molecule has 0 saturated carbocycles. The van der Waals surface area contributed by atoms with E-state index in [1.807, 2.05) is 0 Å².